The van der Waals surface area contributed by atoms with Crippen molar-refractivity contribution < 1.29 is 23.9 Å². The van der Waals surface area contributed by atoms with Crippen LogP contribution in [0.1, 0.15) is 20.3 Å². The smallest absolute Gasteiger partial charge is 0.411 e. The molecular formula is C7H15NO5P+. The van der Waals surface area contributed by atoms with Crippen molar-refractivity contribution in [2.75, 3.05) is 13.2 Å². The Bertz CT molecular complexity index is 208. The zero-order valence-corrected chi connectivity index (χ0v) is 9.11. The first-order valence-corrected chi connectivity index (χ1v) is 5.27. The van der Waals surface area contributed by atoms with Crippen molar-refractivity contribution in [2.24, 2.45) is 5.16 Å². The zero-order chi connectivity index (χ0) is 11.0. The maximum atomic E-state index is 11.0. The summed E-state index contributed by atoms with van der Waals surface area (Å²) in [5.41, 5.74) is 0.319. The van der Waals surface area contributed by atoms with Crippen LogP contribution in [0, 0.1) is 0 Å². The Kier molecular flexibility index (Phi) is 7.51. The van der Waals surface area contributed by atoms with E-state index in [1.165, 1.54) is 0 Å². The van der Waals surface area contributed by atoms with Crippen molar-refractivity contribution in [3.8, 4) is 0 Å². The molecule has 0 aliphatic heterocycles. The third-order valence-corrected chi connectivity index (χ3v) is 2.37. The monoisotopic (exact) mass is 224 g/mol. The summed E-state index contributed by atoms with van der Waals surface area (Å²) in [5.74, 6) is 0. The van der Waals surface area contributed by atoms with Crippen LogP contribution in [0.15, 0.2) is 5.16 Å². The molecule has 0 aliphatic rings. The Morgan fingerprint density at radius 2 is 2.29 bits per heavy atom. The Labute approximate surface area is 83.5 Å². The highest BCUT2D eigenvalue weighted by Gasteiger charge is 2.26. The third kappa shape index (κ3) is 5.99. The fourth-order valence-electron chi connectivity index (χ4n) is 0.521. The largest absolute Gasteiger partial charge is 0.698 e. The number of nitrogens with zero attached hydrogens (tertiary/aromatic N) is 1. The molecule has 14 heavy (non-hydrogen) atoms. The molecule has 0 aromatic carbocycles. The van der Waals surface area contributed by atoms with Crippen LogP contribution >= 0.6 is 8.25 Å². The normalized spacial score (nSPS) is 15.4. The highest BCUT2D eigenvalue weighted by Crippen LogP contribution is 2.26. The van der Waals surface area contributed by atoms with Crippen LogP contribution in [0.3, 0.4) is 0 Å². The second-order valence-corrected chi connectivity index (χ2v) is 3.54. The predicted molar refractivity (Wildman–Crippen MR) is 50.7 cm³/mol. The summed E-state index contributed by atoms with van der Waals surface area (Å²) in [4.78, 5) is 0. The van der Waals surface area contributed by atoms with Crippen LogP contribution in [0.4, 0.5) is 0 Å². The van der Waals surface area contributed by atoms with Crippen LogP contribution in [0.5, 0.6) is 0 Å². The van der Waals surface area contributed by atoms with E-state index in [0.717, 1.165) is 0 Å². The lowest BCUT2D eigenvalue weighted by Crippen LogP contribution is -2.14. The van der Waals surface area contributed by atoms with Crippen molar-refractivity contribution >= 4 is 14.0 Å². The van der Waals surface area contributed by atoms with Gasteiger partial charge >= 0.3 is 8.25 Å². The highest BCUT2D eigenvalue weighted by molar-refractivity contribution is 7.33. The van der Waals surface area contributed by atoms with Gasteiger partial charge in [0.1, 0.15) is 6.61 Å². The van der Waals surface area contributed by atoms with Gasteiger partial charge in [0.05, 0.1) is 5.71 Å². The molecule has 0 heterocycles. The summed E-state index contributed by atoms with van der Waals surface area (Å²) in [5, 5.41) is 19.7. The van der Waals surface area contributed by atoms with Crippen LogP contribution in [0.25, 0.3) is 0 Å². The van der Waals surface area contributed by atoms with Crippen molar-refractivity contribution in [2.45, 2.75) is 26.4 Å². The van der Waals surface area contributed by atoms with E-state index < -0.39 is 14.4 Å². The number of hydrogen-bond donors (Lipinski definition) is 2. The van der Waals surface area contributed by atoms with E-state index in [0.29, 0.717) is 12.1 Å². The van der Waals surface area contributed by atoms with Gasteiger partial charge in [0.2, 0.25) is 0 Å². The van der Waals surface area contributed by atoms with Crippen LogP contribution < -0.4 is 0 Å². The Hall–Kier alpha value is -0.550. The molecule has 0 rings (SSSR count). The second-order valence-electron chi connectivity index (χ2n) is 2.62. The average Bonchev–Trinajstić information content (AvgIpc) is 2.16. The molecule has 0 saturated heterocycles. The Morgan fingerprint density at radius 1 is 1.64 bits per heavy atom. The number of oxime groups is 1. The number of aliphatic hydroxyl groups is 1. The quantitative estimate of drug-likeness (QED) is 0.224. The fraction of sp³-hybridized carbons (Fsp3) is 0.857. The molecule has 6 nitrogen and oxygen atoms in total. The van der Waals surface area contributed by atoms with E-state index in [-0.39, 0.29) is 13.2 Å². The van der Waals surface area contributed by atoms with Crippen molar-refractivity contribution in [1.82, 2.24) is 0 Å². The minimum atomic E-state index is -2.22. The van der Waals surface area contributed by atoms with E-state index in [4.69, 9.17) is 19.4 Å². The fourth-order valence-corrected chi connectivity index (χ4v) is 1.27. The van der Waals surface area contributed by atoms with Crippen molar-refractivity contribution in [3.05, 3.63) is 0 Å². The van der Waals surface area contributed by atoms with Gasteiger partial charge in [-0.3, -0.25) is 0 Å². The van der Waals surface area contributed by atoms with Gasteiger partial charge in [-0.05, 0) is 20.3 Å². The first kappa shape index (κ1) is 13.4. The molecule has 0 aromatic rings. The summed E-state index contributed by atoms with van der Waals surface area (Å²) >= 11 is 0. The summed E-state index contributed by atoms with van der Waals surface area (Å²) < 4.78 is 20.6. The van der Waals surface area contributed by atoms with Gasteiger partial charge in [-0.2, -0.15) is 0 Å². The van der Waals surface area contributed by atoms with E-state index in [2.05, 4.69) is 5.16 Å². The molecular weight excluding hydrogens is 209 g/mol. The molecule has 7 heteroatoms. The van der Waals surface area contributed by atoms with Crippen LogP contribution in [-0.4, -0.2) is 35.3 Å². The molecule has 0 fully saturated rings. The van der Waals surface area contributed by atoms with E-state index >= 15 is 0 Å². The lowest BCUT2D eigenvalue weighted by Gasteiger charge is -2.00. The Balaban J connectivity index is 3.71. The highest BCUT2D eigenvalue weighted by atomic mass is 31.1. The third-order valence-electron chi connectivity index (χ3n) is 1.49. The first-order valence-electron chi connectivity index (χ1n) is 4.18. The lowest BCUT2D eigenvalue weighted by atomic mass is 10.3. The van der Waals surface area contributed by atoms with Crippen LogP contribution in [-0.2, 0) is 13.6 Å². The van der Waals surface area contributed by atoms with Gasteiger partial charge in [0.25, 0.3) is 0 Å². The molecule has 2 N–H and O–H groups in total. The molecule has 0 radical (unpaired) electrons. The van der Waals surface area contributed by atoms with Gasteiger partial charge in [0.15, 0.2) is 6.10 Å². The van der Waals surface area contributed by atoms with Gasteiger partial charge in [-0.1, -0.05) is 5.16 Å². The first-order chi connectivity index (χ1) is 6.61. The second kappa shape index (κ2) is 7.82. The maximum Gasteiger partial charge on any atom is 0.698 e. The number of hydrogen-bond acceptors (Lipinski definition) is 6. The zero-order valence-electron chi connectivity index (χ0n) is 8.21. The number of aliphatic hydroxyl groups excluding tert-OH is 1. The molecule has 0 aromatic heterocycles. The van der Waals surface area contributed by atoms with Gasteiger partial charge in [-0.15, -0.1) is 9.05 Å². The van der Waals surface area contributed by atoms with Crippen molar-refractivity contribution in [3.63, 3.8) is 0 Å². The topological polar surface area (TPSA) is 88.4 Å². The SMILES string of the molecule is CC(=NO)C(C)O[P+](=O)OCCCO. The molecule has 0 bridgehead atoms. The maximum absolute atomic E-state index is 11.0. The number of rotatable bonds is 7. The lowest BCUT2D eigenvalue weighted by molar-refractivity contribution is 0.188. The van der Waals surface area contributed by atoms with Crippen LogP contribution in [0.2, 0.25) is 0 Å². The standard InChI is InChI=1S/C7H14NO5P/c1-6(8-10)7(2)13-14(11)12-5-3-4-9/h7,9H,3-5H2,1-2H3/p+1. The van der Waals surface area contributed by atoms with Gasteiger partial charge in [-0.25, -0.2) is 0 Å². The van der Waals surface area contributed by atoms with E-state index in [1.54, 1.807) is 13.8 Å². The Morgan fingerprint density at radius 3 is 2.79 bits per heavy atom. The molecule has 0 saturated carbocycles. The van der Waals surface area contributed by atoms with E-state index in [1.807, 2.05) is 0 Å². The minimum absolute atomic E-state index is 0.0180. The summed E-state index contributed by atoms with van der Waals surface area (Å²) in [6.45, 7) is 3.29. The average molecular weight is 224 g/mol. The van der Waals surface area contributed by atoms with E-state index in [9.17, 15) is 4.57 Å². The molecule has 0 amide bonds. The van der Waals surface area contributed by atoms with Crippen molar-refractivity contribution in [1.29, 1.82) is 0 Å². The molecule has 82 valence electrons. The molecule has 0 aliphatic carbocycles. The van der Waals surface area contributed by atoms with Gasteiger partial charge < -0.3 is 10.3 Å². The predicted octanol–water partition coefficient (Wildman–Crippen LogP) is 1.30. The summed E-state index contributed by atoms with van der Waals surface area (Å²) in [7, 11) is -2.22. The molecule has 2 unspecified atom stereocenters. The minimum Gasteiger partial charge on any atom is -0.411 e. The molecule has 2 atom stereocenters. The summed E-state index contributed by atoms with van der Waals surface area (Å²) in [6.07, 6.45) is -0.149. The van der Waals surface area contributed by atoms with Gasteiger partial charge in [0, 0.05) is 11.2 Å². The molecule has 0 spiro atoms. The summed E-state index contributed by atoms with van der Waals surface area (Å²) in [6, 6.07) is 0.